The number of hydrogen-bond acceptors (Lipinski definition) is 4. The largest absolute Gasteiger partial charge is 0.293 e. The Morgan fingerprint density at radius 2 is 1.81 bits per heavy atom. The summed E-state index contributed by atoms with van der Waals surface area (Å²) in [5, 5.41) is 11.0. The van der Waals surface area contributed by atoms with E-state index >= 15 is 0 Å². The lowest BCUT2D eigenvalue weighted by Gasteiger charge is -2.09. The molecule has 0 radical (unpaired) electrons. The Kier molecular flexibility index (Phi) is 4.23. The molecule has 0 bridgehead atoms. The van der Waals surface area contributed by atoms with E-state index < -0.39 is 14.9 Å². The van der Waals surface area contributed by atoms with E-state index in [9.17, 15) is 18.5 Å². The summed E-state index contributed by atoms with van der Waals surface area (Å²) in [7, 11) is -3.71. The lowest BCUT2D eigenvalue weighted by atomic mass is 10.2. The Morgan fingerprint density at radius 3 is 2.43 bits per heavy atom. The van der Waals surface area contributed by atoms with E-state index in [2.05, 4.69) is 4.72 Å². The molecular formula is C14H14N2O4S. The number of nitrogens with zero attached hydrogens (tertiary/aromatic N) is 1. The maximum Gasteiger partial charge on any atom is 0.293 e. The molecule has 0 spiro atoms. The van der Waals surface area contributed by atoms with Crippen molar-refractivity contribution in [1.82, 2.24) is 0 Å². The van der Waals surface area contributed by atoms with Crippen LogP contribution in [0.25, 0.3) is 0 Å². The highest BCUT2D eigenvalue weighted by molar-refractivity contribution is 7.91. The Labute approximate surface area is 122 Å². The molecule has 2 aromatic rings. The molecule has 0 aliphatic carbocycles. The fourth-order valence-corrected chi connectivity index (χ4v) is 3.09. The Hall–Kier alpha value is -2.41. The minimum atomic E-state index is -3.71. The monoisotopic (exact) mass is 306 g/mol. The summed E-state index contributed by atoms with van der Waals surface area (Å²) in [6, 6.07) is 13.0. The number of benzene rings is 2. The second-order valence-electron chi connectivity index (χ2n) is 4.62. The topological polar surface area (TPSA) is 89.3 Å². The van der Waals surface area contributed by atoms with Crippen molar-refractivity contribution in [2.45, 2.75) is 12.7 Å². The molecule has 0 aromatic heterocycles. The van der Waals surface area contributed by atoms with Crippen molar-refractivity contribution in [2.75, 3.05) is 4.72 Å². The number of nitrogens with one attached hydrogen (secondary N) is 1. The zero-order valence-electron chi connectivity index (χ0n) is 11.3. The van der Waals surface area contributed by atoms with E-state index in [1.165, 1.54) is 12.1 Å². The third-order valence-corrected chi connectivity index (χ3v) is 4.06. The van der Waals surface area contributed by atoms with Gasteiger partial charge in [0.1, 0.15) is 5.69 Å². The molecule has 0 atom stereocenters. The molecule has 0 aliphatic rings. The fourth-order valence-electron chi connectivity index (χ4n) is 1.88. The lowest BCUT2D eigenvalue weighted by Crippen LogP contribution is -2.16. The van der Waals surface area contributed by atoms with Gasteiger partial charge in [0.2, 0.25) is 10.0 Å². The molecule has 6 nitrogen and oxygen atoms in total. The van der Waals surface area contributed by atoms with Crippen LogP contribution in [0.2, 0.25) is 0 Å². The molecule has 21 heavy (non-hydrogen) atoms. The van der Waals surface area contributed by atoms with Crippen LogP contribution in [0.3, 0.4) is 0 Å². The van der Waals surface area contributed by atoms with Crippen LogP contribution >= 0.6 is 0 Å². The average Bonchev–Trinajstić information content (AvgIpc) is 2.41. The van der Waals surface area contributed by atoms with Crippen LogP contribution in [-0.4, -0.2) is 13.3 Å². The normalized spacial score (nSPS) is 11.1. The predicted octanol–water partition coefficient (Wildman–Crippen LogP) is 2.85. The van der Waals surface area contributed by atoms with E-state index in [0.717, 1.165) is 0 Å². The van der Waals surface area contributed by atoms with Crippen molar-refractivity contribution in [3.63, 3.8) is 0 Å². The third-order valence-electron chi connectivity index (χ3n) is 2.81. The van der Waals surface area contributed by atoms with E-state index in [0.29, 0.717) is 11.1 Å². The van der Waals surface area contributed by atoms with Gasteiger partial charge in [-0.2, -0.15) is 0 Å². The molecule has 0 saturated carbocycles. The number of nitro groups is 1. The smallest absolute Gasteiger partial charge is 0.277 e. The SMILES string of the molecule is Cc1ccc(NS(=O)(=O)Cc2ccccc2)c([N+](=O)[O-])c1. The van der Waals surface area contributed by atoms with Gasteiger partial charge in [0.25, 0.3) is 5.69 Å². The summed E-state index contributed by atoms with van der Waals surface area (Å²) in [6.07, 6.45) is 0. The van der Waals surface area contributed by atoms with Crippen molar-refractivity contribution < 1.29 is 13.3 Å². The van der Waals surface area contributed by atoms with E-state index in [1.54, 1.807) is 43.3 Å². The summed E-state index contributed by atoms with van der Waals surface area (Å²) >= 11 is 0. The van der Waals surface area contributed by atoms with Gasteiger partial charge in [-0.15, -0.1) is 0 Å². The second-order valence-corrected chi connectivity index (χ2v) is 6.35. The Bertz CT molecular complexity index is 758. The number of rotatable bonds is 5. The summed E-state index contributed by atoms with van der Waals surface area (Å²) in [4.78, 5) is 10.4. The highest BCUT2D eigenvalue weighted by Gasteiger charge is 2.19. The molecule has 110 valence electrons. The quantitative estimate of drug-likeness (QED) is 0.679. The summed E-state index contributed by atoms with van der Waals surface area (Å²) < 4.78 is 26.5. The first-order chi connectivity index (χ1) is 9.87. The minimum absolute atomic E-state index is 0.0264. The first-order valence-electron chi connectivity index (χ1n) is 6.17. The maximum atomic E-state index is 12.1. The summed E-state index contributed by atoms with van der Waals surface area (Å²) in [5.74, 6) is -0.237. The molecule has 0 unspecified atom stereocenters. The molecule has 2 aromatic carbocycles. The van der Waals surface area contributed by atoms with Crippen LogP contribution in [0.15, 0.2) is 48.5 Å². The molecule has 2 rings (SSSR count). The molecule has 0 heterocycles. The van der Waals surface area contributed by atoms with Crippen molar-refractivity contribution in [3.8, 4) is 0 Å². The number of sulfonamides is 1. The standard InChI is InChI=1S/C14H14N2O4S/c1-11-7-8-13(14(9-11)16(17)18)15-21(19,20)10-12-5-3-2-4-6-12/h2-9,15H,10H2,1H3. The molecule has 0 saturated heterocycles. The number of anilines is 1. The first kappa shape index (κ1) is 15.0. The van der Waals surface area contributed by atoms with Crippen LogP contribution in [0.1, 0.15) is 11.1 Å². The summed E-state index contributed by atoms with van der Waals surface area (Å²) in [5.41, 5.74) is 1.01. The molecular weight excluding hydrogens is 292 g/mol. The molecule has 0 fully saturated rings. The first-order valence-corrected chi connectivity index (χ1v) is 7.82. The fraction of sp³-hybridized carbons (Fsp3) is 0.143. The van der Waals surface area contributed by atoms with Gasteiger partial charge in [-0.25, -0.2) is 8.42 Å². The number of hydrogen-bond donors (Lipinski definition) is 1. The van der Waals surface area contributed by atoms with Gasteiger partial charge >= 0.3 is 0 Å². The Balaban J connectivity index is 2.27. The van der Waals surface area contributed by atoms with E-state index in [1.807, 2.05) is 0 Å². The van der Waals surface area contributed by atoms with Crippen LogP contribution in [-0.2, 0) is 15.8 Å². The average molecular weight is 306 g/mol. The van der Waals surface area contributed by atoms with Crippen molar-refractivity contribution >= 4 is 21.4 Å². The van der Waals surface area contributed by atoms with Crippen molar-refractivity contribution in [1.29, 1.82) is 0 Å². The van der Waals surface area contributed by atoms with E-state index in [-0.39, 0.29) is 17.1 Å². The van der Waals surface area contributed by atoms with Crippen LogP contribution in [0.5, 0.6) is 0 Å². The van der Waals surface area contributed by atoms with Crippen LogP contribution < -0.4 is 4.72 Å². The molecule has 7 heteroatoms. The van der Waals surface area contributed by atoms with Crippen LogP contribution in [0.4, 0.5) is 11.4 Å². The highest BCUT2D eigenvalue weighted by Crippen LogP contribution is 2.26. The van der Waals surface area contributed by atoms with Crippen molar-refractivity contribution in [2.24, 2.45) is 0 Å². The van der Waals surface area contributed by atoms with Gasteiger partial charge in [0, 0.05) is 6.07 Å². The zero-order chi connectivity index (χ0) is 15.5. The van der Waals surface area contributed by atoms with Gasteiger partial charge < -0.3 is 0 Å². The predicted molar refractivity (Wildman–Crippen MR) is 80.5 cm³/mol. The van der Waals surface area contributed by atoms with Crippen molar-refractivity contribution in [3.05, 3.63) is 69.8 Å². The third kappa shape index (κ3) is 4.03. The minimum Gasteiger partial charge on any atom is -0.277 e. The second kappa shape index (κ2) is 5.92. The zero-order valence-corrected chi connectivity index (χ0v) is 12.1. The maximum absolute atomic E-state index is 12.1. The van der Waals surface area contributed by atoms with Gasteiger partial charge in [-0.3, -0.25) is 14.8 Å². The summed E-state index contributed by atoms with van der Waals surface area (Å²) in [6.45, 7) is 1.70. The van der Waals surface area contributed by atoms with Crippen LogP contribution in [0, 0.1) is 17.0 Å². The number of aryl methyl sites for hydroxylation is 1. The highest BCUT2D eigenvalue weighted by atomic mass is 32.2. The Morgan fingerprint density at radius 1 is 1.14 bits per heavy atom. The van der Waals surface area contributed by atoms with Gasteiger partial charge in [0.05, 0.1) is 10.7 Å². The van der Waals surface area contributed by atoms with Gasteiger partial charge in [-0.1, -0.05) is 36.4 Å². The number of nitro benzene ring substituents is 1. The molecule has 1 N–H and O–H groups in total. The molecule has 0 aliphatic heterocycles. The van der Waals surface area contributed by atoms with Gasteiger partial charge in [-0.05, 0) is 24.1 Å². The van der Waals surface area contributed by atoms with Gasteiger partial charge in [0.15, 0.2) is 0 Å². The molecule has 0 amide bonds. The lowest BCUT2D eigenvalue weighted by molar-refractivity contribution is -0.383. The van der Waals surface area contributed by atoms with E-state index in [4.69, 9.17) is 0 Å².